The summed E-state index contributed by atoms with van der Waals surface area (Å²) in [6.07, 6.45) is 3.22. The summed E-state index contributed by atoms with van der Waals surface area (Å²) in [5, 5.41) is 9.42. The zero-order valence-electron chi connectivity index (χ0n) is 12.2. The average Bonchev–Trinajstić information content (AvgIpc) is 2.85. The second-order valence-electron chi connectivity index (χ2n) is 5.24. The molecule has 1 amide bonds. The zero-order chi connectivity index (χ0) is 15.6. The van der Waals surface area contributed by atoms with Gasteiger partial charge in [-0.1, -0.05) is 6.07 Å². The summed E-state index contributed by atoms with van der Waals surface area (Å²) in [4.78, 5) is 18.1. The van der Waals surface area contributed by atoms with Gasteiger partial charge in [0.15, 0.2) is 11.6 Å². The first-order chi connectivity index (χ1) is 9.88. The Hall–Kier alpha value is -2.37. The molecule has 2 rings (SSSR count). The highest BCUT2D eigenvalue weighted by molar-refractivity contribution is 5.92. The van der Waals surface area contributed by atoms with E-state index in [1.165, 1.54) is 12.1 Å². The van der Waals surface area contributed by atoms with Gasteiger partial charge in [0.1, 0.15) is 5.69 Å². The summed E-state index contributed by atoms with van der Waals surface area (Å²) in [6.45, 7) is 4.06. The number of carbonyl (C=O) groups is 1. The Morgan fingerprint density at radius 1 is 1.48 bits per heavy atom. The molecule has 0 saturated carbocycles. The van der Waals surface area contributed by atoms with Crippen molar-refractivity contribution in [1.82, 2.24) is 14.5 Å². The molecule has 1 N–H and O–H groups in total. The van der Waals surface area contributed by atoms with Crippen LogP contribution < -0.4 is 0 Å². The lowest BCUT2D eigenvalue weighted by molar-refractivity contribution is 0.0684. The number of aromatic nitrogens is 2. The van der Waals surface area contributed by atoms with Crippen molar-refractivity contribution in [1.29, 1.82) is 0 Å². The van der Waals surface area contributed by atoms with Gasteiger partial charge in [-0.25, -0.2) is 9.37 Å². The van der Waals surface area contributed by atoms with Gasteiger partial charge in [0.2, 0.25) is 0 Å². The predicted octanol–water partition coefficient (Wildman–Crippen LogP) is 2.32. The van der Waals surface area contributed by atoms with Gasteiger partial charge in [0, 0.05) is 25.8 Å². The number of aromatic hydroxyl groups is 1. The number of phenols is 1. The van der Waals surface area contributed by atoms with Gasteiger partial charge in [-0.2, -0.15) is 0 Å². The molecule has 0 aliphatic rings. The number of hydrogen-bond acceptors (Lipinski definition) is 3. The van der Waals surface area contributed by atoms with E-state index in [0.717, 1.165) is 0 Å². The second kappa shape index (κ2) is 5.95. The molecule has 0 atom stereocenters. The van der Waals surface area contributed by atoms with Crippen LogP contribution in [0.1, 0.15) is 29.9 Å². The SMILES string of the molecule is CC(C)N(Cc1ccc(F)c(O)c1)C(=O)c1cn(C)cn1. The number of aryl methyl sites for hydroxylation is 1. The lowest BCUT2D eigenvalue weighted by Crippen LogP contribution is -2.36. The smallest absolute Gasteiger partial charge is 0.274 e. The highest BCUT2D eigenvalue weighted by Gasteiger charge is 2.21. The third-order valence-corrected chi connectivity index (χ3v) is 3.17. The molecule has 0 spiro atoms. The van der Waals surface area contributed by atoms with Crippen molar-refractivity contribution in [3.8, 4) is 5.75 Å². The average molecular weight is 291 g/mol. The summed E-state index contributed by atoms with van der Waals surface area (Å²) >= 11 is 0. The molecule has 0 radical (unpaired) electrons. The number of imidazole rings is 1. The van der Waals surface area contributed by atoms with Gasteiger partial charge in [-0.3, -0.25) is 4.79 Å². The van der Waals surface area contributed by atoms with E-state index >= 15 is 0 Å². The van der Waals surface area contributed by atoms with Gasteiger partial charge in [-0.15, -0.1) is 0 Å². The minimum absolute atomic E-state index is 0.0493. The van der Waals surface area contributed by atoms with Crippen molar-refractivity contribution in [3.63, 3.8) is 0 Å². The van der Waals surface area contributed by atoms with E-state index in [0.29, 0.717) is 11.3 Å². The lowest BCUT2D eigenvalue weighted by atomic mass is 10.1. The summed E-state index contributed by atoms with van der Waals surface area (Å²) in [6, 6.07) is 4.02. The number of rotatable bonds is 4. The number of benzene rings is 1. The van der Waals surface area contributed by atoms with Crippen LogP contribution in [0.5, 0.6) is 5.75 Å². The summed E-state index contributed by atoms with van der Waals surface area (Å²) in [7, 11) is 1.79. The van der Waals surface area contributed by atoms with E-state index in [4.69, 9.17) is 0 Å². The van der Waals surface area contributed by atoms with Crippen molar-refractivity contribution in [2.75, 3.05) is 0 Å². The Morgan fingerprint density at radius 2 is 2.19 bits per heavy atom. The third-order valence-electron chi connectivity index (χ3n) is 3.17. The van der Waals surface area contributed by atoms with E-state index in [1.54, 1.807) is 35.1 Å². The van der Waals surface area contributed by atoms with Crippen molar-refractivity contribution in [2.24, 2.45) is 7.05 Å². The van der Waals surface area contributed by atoms with Crippen LogP contribution in [0.15, 0.2) is 30.7 Å². The number of nitrogens with zero attached hydrogens (tertiary/aromatic N) is 3. The van der Waals surface area contributed by atoms with E-state index in [9.17, 15) is 14.3 Å². The van der Waals surface area contributed by atoms with Crippen LogP contribution in [-0.2, 0) is 13.6 Å². The van der Waals surface area contributed by atoms with Gasteiger partial charge < -0.3 is 14.6 Å². The lowest BCUT2D eigenvalue weighted by Gasteiger charge is -2.26. The van der Waals surface area contributed by atoms with Crippen LogP contribution >= 0.6 is 0 Å². The molecule has 0 bridgehead atoms. The minimum Gasteiger partial charge on any atom is -0.505 e. The van der Waals surface area contributed by atoms with Crippen LogP contribution in [0.3, 0.4) is 0 Å². The first-order valence-corrected chi connectivity index (χ1v) is 6.65. The van der Waals surface area contributed by atoms with E-state index in [2.05, 4.69) is 4.98 Å². The van der Waals surface area contributed by atoms with Crippen LogP contribution in [0.25, 0.3) is 0 Å². The largest absolute Gasteiger partial charge is 0.505 e. The maximum absolute atomic E-state index is 13.1. The summed E-state index contributed by atoms with van der Waals surface area (Å²) in [5.74, 6) is -1.29. The van der Waals surface area contributed by atoms with Crippen LogP contribution in [0.4, 0.5) is 4.39 Å². The van der Waals surface area contributed by atoms with E-state index < -0.39 is 11.6 Å². The molecule has 5 nitrogen and oxygen atoms in total. The highest BCUT2D eigenvalue weighted by Crippen LogP contribution is 2.19. The second-order valence-corrected chi connectivity index (χ2v) is 5.24. The summed E-state index contributed by atoms with van der Waals surface area (Å²) < 4.78 is 14.8. The van der Waals surface area contributed by atoms with Gasteiger partial charge in [-0.05, 0) is 31.5 Å². The number of halogens is 1. The monoisotopic (exact) mass is 291 g/mol. The molecule has 1 aromatic heterocycles. The standard InChI is InChI=1S/C15H18FN3O2/c1-10(2)19(15(21)13-8-18(3)9-17-13)7-11-4-5-12(16)14(20)6-11/h4-6,8-10,20H,7H2,1-3H3. The van der Waals surface area contributed by atoms with Gasteiger partial charge >= 0.3 is 0 Å². The quantitative estimate of drug-likeness (QED) is 0.940. The Labute approximate surface area is 122 Å². The Morgan fingerprint density at radius 3 is 2.71 bits per heavy atom. The molecule has 21 heavy (non-hydrogen) atoms. The molecule has 0 fully saturated rings. The maximum Gasteiger partial charge on any atom is 0.274 e. The normalized spacial score (nSPS) is 10.9. The molecule has 6 heteroatoms. The molecule has 1 aromatic carbocycles. The fourth-order valence-electron chi connectivity index (χ4n) is 2.01. The van der Waals surface area contributed by atoms with Crippen molar-refractivity contribution >= 4 is 5.91 Å². The predicted molar refractivity (Wildman–Crippen MR) is 76.3 cm³/mol. The molecular formula is C15H18FN3O2. The molecule has 2 aromatic rings. The fraction of sp³-hybridized carbons (Fsp3) is 0.333. The van der Waals surface area contributed by atoms with Crippen LogP contribution in [0.2, 0.25) is 0 Å². The van der Waals surface area contributed by atoms with Gasteiger partial charge in [0.25, 0.3) is 5.91 Å². The van der Waals surface area contributed by atoms with Crippen molar-refractivity contribution in [3.05, 3.63) is 47.8 Å². The topological polar surface area (TPSA) is 58.4 Å². The van der Waals surface area contributed by atoms with Crippen LogP contribution in [0, 0.1) is 5.82 Å². The third kappa shape index (κ3) is 3.39. The molecule has 0 unspecified atom stereocenters. The van der Waals surface area contributed by atoms with Crippen molar-refractivity contribution in [2.45, 2.75) is 26.4 Å². The first-order valence-electron chi connectivity index (χ1n) is 6.65. The Bertz CT molecular complexity index is 652. The Balaban J connectivity index is 2.23. The van der Waals surface area contributed by atoms with Crippen molar-refractivity contribution < 1.29 is 14.3 Å². The number of hydrogen-bond donors (Lipinski definition) is 1. The molecule has 0 aliphatic heterocycles. The first kappa shape index (κ1) is 15.0. The number of carbonyl (C=O) groups excluding carboxylic acids is 1. The molecule has 0 saturated heterocycles. The maximum atomic E-state index is 13.1. The molecule has 112 valence electrons. The summed E-state index contributed by atoms with van der Waals surface area (Å²) in [5.41, 5.74) is 1.02. The highest BCUT2D eigenvalue weighted by atomic mass is 19.1. The molecule has 0 aliphatic carbocycles. The van der Waals surface area contributed by atoms with E-state index in [1.807, 2.05) is 13.8 Å². The zero-order valence-corrected chi connectivity index (χ0v) is 12.2. The number of phenolic OH excluding ortho intramolecular Hbond substituents is 1. The minimum atomic E-state index is -0.675. The van der Waals surface area contributed by atoms with E-state index in [-0.39, 0.29) is 18.5 Å². The fourth-order valence-corrected chi connectivity index (χ4v) is 2.01. The Kier molecular flexibility index (Phi) is 4.26. The molecular weight excluding hydrogens is 273 g/mol. The number of amides is 1. The van der Waals surface area contributed by atoms with Crippen LogP contribution in [-0.4, -0.2) is 31.5 Å². The molecule has 1 heterocycles. The van der Waals surface area contributed by atoms with Gasteiger partial charge in [0.05, 0.1) is 6.33 Å².